The molecule has 8 nitrogen and oxygen atoms in total. The van der Waals surface area contributed by atoms with Crippen molar-refractivity contribution in [2.24, 2.45) is 0 Å². The van der Waals surface area contributed by atoms with E-state index in [2.05, 4.69) is 15.0 Å². The van der Waals surface area contributed by atoms with Gasteiger partial charge in [0.15, 0.2) is 6.23 Å². The smallest absolute Gasteiger partial charge is 0.164 e. The molecule has 4 aromatic rings. The van der Waals surface area contributed by atoms with Crippen LogP contribution in [0.4, 0.5) is 0 Å². The number of aromatic amines is 1. The molecule has 4 atom stereocenters. The van der Waals surface area contributed by atoms with Crippen LogP contribution in [0.2, 0.25) is 0 Å². The maximum absolute atomic E-state index is 10.3. The minimum atomic E-state index is -1.16. The molecule has 0 amide bonds. The summed E-state index contributed by atoms with van der Waals surface area (Å²) in [5.41, 5.74) is 3.19. The van der Waals surface area contributed by atoms with Crippen molar-refractivity contribution in [2.75, 3.05) is 6.61 Å². The number of nitrogens with one attached hydrogen (secondary N) is 1. The Morgan fingerprint density at radius 3 is 2.74 bits per heavy atom. The molecule has 3 aromatic heterocycles. The van der Waals surface area contributed by atoms with Crippen LogP contribution in [0.3, 0.4) is 0 Å². The minimum Gasteiger partial charge on any atom is -0.394 e. The Bertz CT molecular complexity index is 1090. The second kappa shape index (κ2) is 6.14. The first-order chi connectivity index (χ1) is 13.2. The number of benzene rings is 1. The fourth-order valence-electron chi connectivity index (χ4n) is 3.70. The van der Waals surface area contributed by atoms with Crippen molar-refractivity contribution in [2.45, 2.75) is 24.5 Å². The molecule has 4 heterocycles. The van der Waals surface area contributed by atoms with Crippen LogP contribution >= 0.6 is 0 Å². The SMILES string of the molecule is OC[C@H]1O[C@@H](n2ccc3c(-c4cc5ccccc5[nH]4)ncnc32)[C@H](O)[C@@H]1O. The van der Waals surface area contributed by atoms with Gasteiger partial charge in [0, 0.05) is 22.5 Å². The molecule has 1 aromatic carbocycles. The zero-order valence-electron chi connectivity index (χ0n) is 14.2. The summed E-state index contributed by atoms with van der Waals surface area (Å²) in [6, 6.07) is 11.9. The lowest BCUT2D eigenvalue weighted by atomic mass is 10.1. The normalized spacial score (nSPS) is 25.6. The first-order valence-corrected chi connectivity index (χ1v) is 8.69. The number of rotatable bonds is 3. The van der Waals surface area contributed by atoms with Gasteiger partial charge in [-0.25, -0.2) is 9.97 Å². The first-order valence-electron chi connectivity index (χ1n) is 8.69. The molecule has 0 saturated carbocycles. The standard InChI is InChI=1S/C19H18N4O4/c24-8-14-16(25)17(26)19(27-14)23-6-5-11-15(20-9-21-18(11)23)13-7-10-3-1-2-4-12(10)22-13/h1-7,9,14,16-17,19,22,24-26H,8H2/t14-,16-,17-,19-/m1/s1. The number of aliphatic hydroxyl groups is 3. The maximum atomic E-state index is 10.3. The third-order valence-corrected chi connectivity index (χ3v) is 5.09. The second-order valence-electron chi connectivity index (χ2n) is 6.68. The van der Waals surface area contributed by atoms with E-state index < -0.39 is 24.5 Å². The number of hydrogen-bond donors (Lipinski definition) is 4. The molecule has 27 heavy (non-hydrogen) atoms. The van der Waals surface area contributed by atoms with E-state index in [1.807, 2.05) is 36.4 Å². The fourth-order valence-corrected chi connectivity index (χ4v) is 3.70. The maximum Gasteiger partial charge on any atom is 0.164 e. The Balaban J connectivity index is 1.61. The van der Waals surface area contributed by atoms with Crippen molar-refractivity contribution >= 4 is 21.9 Å². The highest BCUT2D eigenvalue weighted by molar-refractivity contribution is 5.94. The van der Waals surface area contributed by atoms with Crippen LogP contribution in [-0.4, -0.2) is 59.8 Å². The summed E-state index contributed by atoms with van der Waals surface area (Å²) in [4.78, 5) is 12.1. The molecule has 0 unspecified atom stereocenters. The summed E-state index contributed by atoms with van der Waals surface area (Å²) in [5.74, 6) is 0. The molecule has 1 aliphatic heterocycles. The molecule has 0 aliphatic carbocycles. The molecule has 138 valence electrons. The van der Waals surface area contributed by atoms with Gasteiger partial charge in [0.25, 0.3) is 0 Å². The zero-order valence-corrected chi connectivity index (χ0v) is 14.2. The van der Waals surface area contributed by atoms with E-state index in [1.165, 1.54) is 6.33 Å². The average molecular weight is 366 g/mol. The molecule has 0 spiro atoms. The van der Waals surface area contributed by atoms with Gasteiger partial charge >= 0.3 is 0 Å². The van der Waals surface area contributed by atoms with Crippen molar-refractivity contribution < 1.29 is 20.1 Å². The molecule has 0 bridgehead atoms. The molecule has 5 rings (SSSR count). The van der Waals surface area contributed by atoms with Crippen LogP contribution in [-0.2, 0) is 4.74 Å². The van der Waals surface area contributed by atoms with Gasteiger partial charge in [-0.15, -0.1) is 0 Å². The third kappa shape index (κ3) is 2.46. The van der Waals surface area contributed by atoms with Crippen molar-refractivity contribution in [3.05, 3.63) is 48.9 Å². The van der Waals surface area contributed by atoms with Crippen molar-refractivity contribution in [3.63, 3.8) is 0 Å². The largest absolute Gasteiger partial charge is 0.394 e. The van der Waals surface area contributed by atoms with Crippen LogP contribution in [0, 0.1) is 0 Å². The predicted molar refractivity (Wildman–Crippen MR) is 97.8 cm³/mol. The molecule has 0 radical (unpaired) electrons. The van der Waals surface area contributed by atoms with Crippen molar-refractivity contribution in [1.82, 2.24) is 19.5 Å². The Hall–Kier alpha value is -2.78. The highest BCUT2D eigenvalue weighted by atomic mass is 16.6. The predicted octanol–water partition coefficient (Wildman–Crippen LogP) is 1.19. The summed E-state index contributed by atoms with van der Waals surface area (Å²) in [6.07, 6.45) is -0.790. The van der Waals surface area contributed by atoms with Gasteiger partial charge in [0.2, 0.25) is 0 Å². The highest BCUT2D eigenvalue weighted by Gasteiger charge is 2.43. The average Bonchev–Trinajstić information content (AvgIpc) is 3.38. The summed E-state index contributed by atoms with van der Waals surface area (Å²) in [6.45, 7) is -0.372. The fraction of sp³-hybridized carbons (Fsp3) is 0.263. The van der Waals surface area contributed by atoms with Crippen molar-refractivity contribution in [1.29, 1.82) is 0 Å². The lowest BCUT2D eigenvalue weighted by molar-refractivity contribution is -0.0508. The van der Waals surface area contributed by atoms with Gasteiger partial charge in [-0.1, -0.05) is 18.2 Å². The first kappa shape index (κ1) is 16.4. The molecule has 8 heteroatoms. The number of nitrogens with zero attached hydrogens (tertiary/aromatic N) is 3. The molecule has 1 saturated heterocycles. The van der Waals surface area contributed by atoms with Crippen LogP contribution < -0.4 is 0 Å². The van der Waals surface area contributed by atoms with E-state index in [0.717, 1.165) is 27.7 Å². The van der Waals surface area contributed by atoms with E-state index in [4.69, 9.17) is 4.74 Å². The number of aliphatic hydroxyl groups excluding tert-OH is 3. The summed E-state index contributed by atoms with van der Waals surface area (Å²) < 4.78 is 7.29. The van der Waals surface area contributed by atoms with Crippen LogP contribution in [0.25, 0.3) is 33.3 Å². The summed E-state index contributed by atoms with van der Waals surface area (Å²) >= 11 is 0. The van der Waals surface area contributed by atoms with Gasteiger partial charge in [0.05, 0.1) is 18.0 Å². The quantitative estimate of drug-likeness (QED) is 0.433. The molecule has 1 fully saturated rings. The van der Waals surface area contributed by atoms with Gasteiger partial charge in [-0.3, -0.25) is 0 Å². The number of hydrogen-bond acceptors (Lipinski definition) is 6. The van der Waals surface area contributed by atoms with Crippen LogP contribution in [0.5, 0.6) is 0 Å². The molecule has 4 N–H and O–H groups in total. The Morgan fingerprint density at radius 2 is 1.96 bits per heavy atom. The number of aromatic nitrogens is 4. The van der Waals surface area contributed by atoms with Crippen LogP contribution in [0.15, 0.2) is 48.9 Å². The Morgan fingerprint density at radius 1 is 1.11 bits per heavy atom. The molecular weight excluding hydrogens is 348 g/mol. The molecular formula is C19H18N4O4. The number of para-hydroxylation sites is 1. The third-order valence-electron chi connectivity index (χ3n) is 5.09. The van der Waals surface area contributed by atoms with Gasteiger partial charge in [-0.05, 0) is 18.2 Å². The van der Waals surface area contributed by atoms with E-state index in [-0.39, 0.29) is 6.61 Å². The molecule has 1 aliphatic rings. The van der Waals surface area contributed by atoms with E-state index >= 15 is 0 Å². The zero-order chi connectivity index (χ0) is 18.5. The number of fused-ring (bicyclic) bond motifs is 2. The number of ether oxygens (including phenoxy) is 1. The van der Waals surface area contributed by atoms with Crippen molar-refractivity contribution in [3.8, 4) is 11.4 Å². The Labute approximate surface area is 153 Å². The second-order valence-corrected chi connectivity index (χ2v) is 6.68. The van der Waals surface area contributed by atoms with Gasteiger partial charge < -0.3 is 29.6 Å². The van der Waals surface area contributed by atoms with E-state index in [0.29, 0.717) is 5.65 Å². The lowest BCUT2D eigenvalue weighted by Crippen LogP contribution is -2.33. The summed E-state index contributed by atoms with van der Waals surface area (Å²) in [7, 11) is 0. The monoisotopic (exact) mass is 366 g/mol. The summed E-state index contributed by atoms with van der Waals surface area (Å²) in [5, 5.41) is 31.5. The van der Waals surface area contributed by atoms with Crippen LogP contribution in [0.1, 0.15) is 6.23 Å². The van der Waals surface area contributed by atoms with Gasteiger partial charge in [0.1, 0.15) is 30.3 Å². The topological polar surface area (TPSA) is 116 Å². The highest BCUT2D eigenvalue weighted by Crippen LogP contribution is 2.34. The lowest BCUT2D eigenvalue weighted by Gasteiger charge is -2.17. The number of H-pyrrole nitrogens is 1. The van der Waals surface area contributed by atoms with E-state index in [9.17, 15) is 15.3 Å². The van der Waals surface area contributed by atoms with Gasteiger partial charge in [-0.2, -0.15) is 0 Å². The van der Waals surface area contributed by atoms with E-state index in [1.54, 1.807) is 10.8 Å². The minimum absolute atomic E-state index is 0.372. The Kier molecular flexibility index (Phi) is 3.73.